The van der Waals surface area contributed by atoms with Crippen LogP contribution in [0.3, 0.4) is 0 Å². The predicted octanol–water partition coefficient (Wildman–Crippen LogP) is 5.16. The summed E-state index contributed by atoms with van der Waals surface area (Å²) in [5.74, 6) is 0. The summed E-state index contributed by atoms with van der Waals surface area (Å²) in [6.07, 6.45) is 0. The fourth-order valence-electron chi connectivity index (χ4n) is 2.18. The van der Waals surface area contributed by atoms with Crippen LogP contribution in [0.25, 0.3) is 0 Å². The van der Waals surface area contributed by atoms with Gasteiger partial charge in [-0.15, -0.1) is 22.7 Å². The van der Waals surface area contributed by atoms with Crippen molar-refractivity contribution in [1.82, 2.24) is 0 Å². The van der Waals surface area contributed by atoms with E-state index in [0.717, 1.165) is 20.5 Å². The van der Waals surface area contributed by atoms with E-state index in [9.17, 15) is 5.11 Å². The molecule has 0 saturated carbocycles. The molecule has 2 heterocycles. The average molecular weight is 336 g/mol. The number of thiophene rings is 2. The number of rotatable bonds is 5. The molecule has 3 aromatic rings. The zero-order chi connectivity index (χ0) is 14.7. The standard InChI is InChI=1S/C16H14ClNOS2/c17-15-8-7-14(21-15)16(13-6-3-9-20-13)18-12-5-2-1-4-11(12)10-19/h1-9,16,18-19H,10H2. The summed E-state index contributed by atoms with van der Waals surface area (Å²) < 4.78 is 0.781. The summed E-state index contributed by atoms with van der Waals surface area (Å²) in [5.41, 5.74) is 1.84. The first-order chi connectivity index (χ1) is 10.3. The smallest absolute Gasteiger partial charge is 0.0954 e. The van der Waals surface area contributed by atoms with Crippen molar-refractivity contribution in [3.63, 3.8) is 0 Å². The van der Waals surface area contributed by atoms with E-state index in [1.807, 2.05) is 42.5 Å². The summed E-state index contributed by atoms with van der Waals surface area (Å²) in [7, 11) is 0. The molecule has 0 aliphatic heterocycles. The fourth-order valence-corrected chi connectivity index (χ4v) is 4.18. The summed E-state index contributed by atoms with van der Waals surface area (Å²) in [5, 5.41) is 15.1. The number of aliphatic hydroxyl groups is 1. The SMILES string of the molecule is OCc1ccccc1NC(c1cccs1)c1ccc(Cl)s1. The first-order valence-electron chi connectivity index (χ1n) is 6.52. The minimum Gasteiger partial charge on any atom is -0.392 e. The Hall–Kier alpha value is -1.33. The number of halogens is 1. The Labute approximate surface area is 136 Å². The van der Waals surface area contributed by atoms with Crippen LogP contribution in [0, 0.1) is 0 Å². The van der Waals surface area contributed by atoms with Crippen molar-refractivity contribution in [3.05, 3.63) is 73.6 Å². The summed E-state index contributed by atoms with van der Waals surface area (Å²) >= 11 is 9.36. The molecule has 0 spiro atoms. The van der Waals surface area contributed by atoms with E-state index in [1.165, 1.54) is 4.88 Å². The van der Waals surface area contributed by atoms with Crippen molar-refractivity contribution >= 4 is 40.0 Å². The lowest BCUT2D eigenvalue weighted by Crippen LogP contribution is -2.11. The summed E-state index contributed by atoms with van der Waals surface area (Å²) in [6.45, 7) is 0.0194. The molecule has 0 aliphatic carbocycles. The van der Waals surface area contributed by atoms with Crippen LogP contribution in [-0.4, -0.2) is 5.11 Å². The number of nitrogens with one attached hydrogen (secondary N) is 1. The highest BCUT2D eigenvalue weighted by atomic mass is 35.5. The van der Waals surface area contributed by atoms with Crippen LogP contribution in [0.2, 0.25) is 4.34 Å². The first kappa shape index (κ1) is 14.6. The lowest BCUT2D eigenvalue weighted by atomic mass is 10.1. The Bertz CT molecular complexity index is 709. The van der Waals surface area contributed by atoms with E-state index in [0.29, 0.717) is 0 Å². The van der Waals surface area contributed by atoms with E-state index in [4.69, 9.17) is 11.6 Å². The molecule has 0 bridgehead atoms. The number of anilines is 1. The molecule has 2 nitrogen and oxygen atoms in total. The summed E-state index contributed by atoms with van der Waals surface area (Å²) in [4.78, 5) is 2.39. The van der Waals surface area contributed by atoms with Gasteiger partial charge in [0.05, 0.1) is 17.0 Å². The van der Waals surface area contributed by atoms with Gasteiger partial charge in [-0.2, -0.15) is 0 Å². The van der Waals surface area contributed by atoms with Crippen LogP contribution in [0.4, 0.5) is 5.69 Å². The third-order valence-electron chi connectivity index (χ3n) is 3.19. The molecule has 108 valence electrons. The molecule has 2 aromatic heterocycles. The molecule has 0 amide bonds. The van der Waals surface area contributed by atoms with E-state index >= 15 is 0 Å². The zero-order valence-electron chi connectivity index (χ0n) is 11.1. The van der Waals surface area contributed by atoms with E-state index in [-0.39, 0.29) is 12.6 Å². The molecule has 0 saturated heterocycles. The molecule has 0 radical (unpaired) electrons. The number of para-hydroxylation sites is 1. The first-order valence-corrected chi connectivity index (χ1v) is 8.59. The number of hydrogen-bond acceptors (Lipinski definition) is 4. The minimum atomic E-state index is 0.0194. The largest absolute Gasteiger partial charge is 0.392 e. The predicted molar refractivity (Wildman–Crippen MR) is 91.5 cm³/mol. The third-order valence-corrected chi connectivity index (χ3v) is 5.43. The maximum Gasteiger partial charge on any atom is 0.0954 e. The van der Waals surface area contributed by atoms with Crippen LogP contribution >= 0.6 is 34.3 Å². The van der Waals surface area contributed by atoms with Gasteiger partial charge in [-0.3, -0.25) is 0 Å². The second kappa shape index (κ2) is 6.62. The van der Waals surface area contributed by atoms with Crippen LogP contribution in [0.15, 0.2) is 53.9 Å². The summed E-state index contributed by atoms with van der Waals surface area (Å²) in [6, 6.07) is 16.0. The topological polar surface area (TPSA) is 32.3 Å². The molecule has 0 fully saturated rings. The van der Waals surface area contributed by atoms with Crippen LogP contribution in [0.1, 0.15) is 21.4 Å². The molecule has 2 N–H and O–H groups in total. The van der Waals surface area contributed by atoms with Gasteiger partial charge in [0.25, 0.3) is 0 Å². The van der Waals surface area contributed by atoms with Gasteiger partial charge in [-0.1, -0.05) is 35.9 Å². The third kappa shape index (κ3) is 3.30. The van der Waals surface area contributed by atoms with Gasteiger partial charge >= 0.3 is 0 Å². The molecule has 3 rings (SSSR count). The highest BCUT2D eigenvalue weighted by molar-refractivity contribution is 7.16. The molecule has 21 heavy (non-hydrogen) atoms. The highest BCUT2D eigenvalue weighted by Crippen LogP contribution is 2.36. The Kier molecular flexibility index (Phi) is 4.60. The van der Waals surface area contributed by atoms with Gasteiger partial charge in [0.1, 0.15) is 0 Å². The average Bonchev–Trinajstić information content (AvgIpc) is 3.17. The lowest BCUT2D eigenvalue weighted by molar-refractivity contribution is 0.282. The lowest BCUT2D eigenvalue weighted by Gasteiger charge is -2.19. The van der Waals surface area contributed by atoms with E-state index in [2.05, 4.69) is 16.8 Å². The molecular weight excluding hydrogens is 322 g/mol. The van der Waals surface area contributed by atoms with Gasteiger partial charge in [0.2, 0.25) is 0 Å². The zero-order valence-corrected chi connectivity index (χ0v) is 13.5. The Morgan fingerprint density at radius 2 is 1.90 bits per heavy atom. The Morgan fingerprint density at radius 1 is 1.05 bits per heavy atom. The van der Waals surface area contributed by atoms with Crippen LogP contribution < -0.4 is 5.32 Å². The van der Waals surface area contributed by atoms with E-state index in [1.54, 1.807) is 22.7 Å². The molecule has 5 heteroatoms. The van der Waals surface area contributed by atoms with Gasteiger partial charge in [0.15, 0.2) is 0 Å². The number of aliphatic hydroxyl groups excluding tert-OH is 1. The Morgan fingerprint density at radius 3 is 2.57 bits per heavy atom. The molecular formula is C16H14ClNOS2. The van der Waals surface area contributed by atoms with Crippen molar-refractivity contribution in [1.29, 1.82) is 0 Å². The maximum absolute atomic E-state index is 9.48. The van der Waals surface area contributed by atoms with Crippen LogP contribution in [-0.2, 0) is 6.61 Å². The van der Waals surface area contributed by atoms with Gasteiger partial charge in [-0.25, -0.2) is 0 Å². The minimum absolute atomic E-state index is 0.0194. The van der Waals surface area contributed by atoms with Crippen molar-refractivity contribution in [2.24, 2.45) is 0 Å². The van der Waals surface area contributed by atoms with Crippen molar-refractivity contribution in [2.75, 3.05) is 5.32 Å². The Balaban J connectivity index is 1.97. The highest BCUT2D eigenvalue weighted by Gasteiger charge is 2.18. The van der Waals surface area contributed by atoms with Gasteiger partial charge < -0.3 is 10.4 Å². The molecule has 1 aromatic carbocycles. The number of hydrogen-bond donors (Lipinski definition) is 2. The second-order valence-corrected chi connectivity index (χ2v) is 7.28. The van der Waals surface area contributed by atoms with Crippen molar-refractivity contribution < 1.29 is 5.11 Å². The van der Waals surface area contributed by atoms with Crippen LogP contribution in [0.5, 0.6) is 0 Å². The molecule has 1 atom stereocenters. The van der Waals surface area contributed by atoms with Gasteiger partial charge in [-0.05, 0) is 29.6 Å². The maximum atomic E-state index is 9.48. The normalized spacial score (nSPS) is 12.3. The van der Waals surface area contributed by atoms with Crippen molar-refractivity contribution in [3.8, 4) is 0 Å². The van der Waals surface area contributed by atoms with Crippen molar-refractivity contribution in [2.45, 2.75) is 12.6 Å². The number of benzene rings is 1. The second-order valence-electron chi connectivity index (χ2n) is 4.55. The van der Waals surface area contributed by atoms with Gasteiger partial charge in [0, 0.05) is 21.0 Å². The fraction of sp³-hybridized carbons (Fsp3) is 0.125. The molecule has 0 aliphatic rings. The quantitative estimate of drug-likeness (QED) is 0.675. The monoisotopic (exact) mass is 335 g/mol. The molecule has 1 unspecified atom stereocenters. The van der Waals surface area contributed by atoms with E-state index < -0.39 is 0 Å².